The number of ether oxygens (including phenoxy) is 1. The quantitative estimate of drug-likeness (QED) is 0.514. The van der Waals surface area contributed by atoms with Gasteiger partial charge in [0.15, 0.2) is 0 Å². The summed E-state index contributed by atoms with van der Waals surface area (Å²) in [5.74, 6) is 1.77. The molecule has 0 aromatic heterocycles. The minimum atomic E-state index is 0.313. The lowest BCUT2D eigenvalue weighted by Crippen LogP contribution is -2.28. The Kier molecular flexibility index (Phi) is 7.61. The van der Waals surface area contributed by atoms with Crippen molar-refractivity contribution >= 4 is 12.6 Å². The molecule has 0 spiro atoms. The summed E-state index contributed by atoms with van der Waals surface area (Å²) >= 11 is 4.50. The van der Waals surface area contributed by atoms with Gasteiger partial charge in [-0.25, -0.2) is 0 Å². The number of thiol groups is 1. The summed E-state index contributed by atoms with van der Waals surface area (Å²) in [5, 5.41) is 0. The number of hydrogen-bond acceptors (Lipinski definition) is 2. The molecule has 1 nitrogen and oxygen atoms in total. The van der Waals surface area contributed by atoms with E-state index in [-0.39, 0.29) is 0 Å². The Bertz CT molecular complexity index is 173. The summed E-state index contributed by atoms with van der Waals surface area (Å²) in [5.41, 5.74) is 0.313. The first-order valence-corrected chi connectivity index (χ1v) is 8.08. The van der Waals surface area contributed by atoms with Gasteiger partial charge < -0.3 is 4.74 Å². The minimum Gasteiger partial charge on any atom is -0.381 e. The van der Waals surface area contributed by atoms with Crippen LogP contribution < -0.4 is 0 Å². The third kappa shape index (κ3) is 5.21. The summed E-state index contributed by atoms with van der Waals surface area (Å²) in [4.78, 5) is 0. The van der Waals surface area contributed by atoms with E-state index in [0.29, 0.717) is 5.41 Å². The van der Waals surface area contributed by atoms with Gasteiger partial charge in [0.2, 0.25) is 0 Å². The van der Waals surface area contributed by atoms with Gasteiger partial charge in [-0.05, 0) is 37.4 Å². The Morgan fingerprint density at radius 1 is 1.06 bits per heavy atom. The molecule has 1 aliphatic rings. The average Bonchev–Trinajstić information content (AvgIpc) is 2.64. The molecule has 0 amide bonds. The van der Waals surface area contributed by atoms with Crippen LogP contribution in [0.1, 0.15) is 65.2 Å². The van der Waals surface area contributed by atoms with E-state index in [2.05, 4.69) is 26.5 Å². The van der Waals surface area contributed by atoms with Crippen LogP contribution in [0, 0.1) is 11.3 Å². The van der Waals surface area contributed by atoms with Crippen LogP contribution in [0.3, 0.4) is 0 Å². The van der Waals surface area contributed by atoms with Crippen LogP contribution in [0.2, 0.25) is 0 Å². The minimum absolute atomic E-state index is 0.313. The first kappa shape index (κ1) is 15.4. The van der Waals surface area contributed by atoms with Crippen molar-refractivity contribution in [2.24, 2.45) is 11.3 Å². The topological polar surface area (TPSA) is 9.23 Å². The Hall–Kier alpha value is 0.310. The molecule has 1 rings (SSSR count). The molecule has 1 aliphatic carbocycles. The van der Waals surface area contributed by atoms with Gasteiger partial charge in [0, 0.05) is 12.0 Å². The molecule has 2 heteroatoms. The van der Waals surface area contributed by atoms with Gasteiger partial charge >= 0.3 is 0 Å². The molecule has 0 aromatic rings. The SMILES string of the molecule is CCC(CC)(CS)COCC1CCCCCC1. The van der Waals surface area contributed by atoms with Crippen molar-refractivity contribution < 1.29 is 4.74 Å². The van der Waals surface area contributed by atoms with Crippen molar-refractivity contribution in [3.8, 4) is 0 Å². The summed E-state index contributed by atoms with van der Waals surface area (Å²) in [6.07, 6.45) is 10.8. The van der Waals surface area contributed by atoms with Crippen molar-refractivity contribution in [1.29, 1.82) is 0 Å². The molecule has 17 heavy (non-hydrogen) atoms. The van der Waals surface area contributed by atoms with Gasteiger partial charge in [-0.15, -0.1) is 0 Å². The zero-order chi connectivity index (χ0) is 12.6. The predicted molar refractivity (Wildman–Crippen MR) is 78.9 cm³/mol. The molecule has 0 unspecified atom stereocenters. The third-order valence-electron chi connectivity index (χ3n) is 4.57. The maximum absolute atomic E-state index is 6.02. The second-order valence-corrected chi connectivity index (χ2v) is 6.05. The fourth-order valence-electron chi connectivity index (χ4n) is 2.70. The second-order valence-electron chi connectivity index (χ2n) is 5.74. The molecule has 1 fully saturated rings. The normalized spacial score (nSPS) is 19.2. The van der Waals surface area contributed by atoms with Crippen molar-refractivity contribution in [2.75, 3.05) is 19.0 Å². The maximum Gasteiger partial charge on any atom is 0.0530 e. The van der Waals surface area contributed by atoms with E-state index in [1.54, 1.807) is 0 Å². The van der Waals surface area contributed by atoms with E-state index in [1.165, 1.54) is 51.4 Å². The van der Waals surface area contributed by atoms with Crippen molar-refractivity contribution in [3.63, 3.8) is 0 Å². The van der Waals surface area contributed by atoms with Gasteiger partial charge in [0.1, 0.15) is 0 Å². The number of hydrogen-bond donors (Lipinski definition) is 1. The smallest absolute Gasteiger partial charge is 0.0530 e. The van der Waals surface area contributed by atoms with Crippen LogP contribution in [-0.2, 0) is 4.74 Å². The molecule has 0 saturated heterocycles. The Morgan fingerprint density at radius 3 is 2.12 bits per heavy atom. The molecule has 0 bridgehead atoms. The standard InChI is InChI=1S/C15H30OS/c1-3-15(4-2,13-17)12-16-11-14-9-7-5-6-8-10-14/h14,17H,3-13H2,1-2H3. The zero-order valence-electron chi connectivity index (χ0n) is 11.7. The van der Waals surface area contributed by atoms with E-state index < -0.39 is 0 Å². The van der Waals surface area contributed by atoms with E-state index in [1.807, 2.05) is 0 Å². The predicted octanol–water partition coefficient (Wildman–Crippen LogP) is 4.71. The van der Waals surface area contributed by atoms with E-state index >= 15 is 0 Å². The zero-order valence-corrected chi connectivity index (χ0v) is 12.6. The first-order valence-electron chi connectivity index (χ1n) is 7.45. The highest BCUT2D eigenvalue weighted by atomic mass is 32.1. The highest BCUT2D eigenvalue weighted by Crippen LogP contribution is 2.29. The highest BCUT2D eigenvalue weighted by Gasteiger charge is 2.25. The van der Waals surface area contributed by atoms with E-state index in [0.717, 1.165) is 24.9 Å². The lowest BCUT2D eigenvalue weighted by molar-refractivity contribution is 0.0281. The molecule has 0 atom stereocenters. The fourth-order valence-corrected chi connectivity index (χ4v) is 3.23. The van der Waals surface area contributed by atoms with Gasteiger partial charge in [-0.1, -0.05) is 39.5 Å². The van der Waals surface area contributed by atoms with Gasteiger partial charge in [0.25, 0.3) is 0 Å². The Balaban J connectivity index is 2.25. The molecule has 0 heterocycles. The van der Waals surface area contributed by atoms with Crippen LogP contribution in [-0.4, -0.2) is 19.0 Å². The molecule has 102 valence electrons. The van der Waals surface area contributed by atoms with Crippen LogP contribution >= 0.6 is 12.6 Å². The van der Waals surface area contributed by atoms with Crippen LogP contribution in [0.15, 0.2) is 0 Å². The maximum atomic E-state index is 6.02. The van der Waals surface area contributed by atoms with Crippen LogP contribution in [0.4, 0.5) is 0 Å². The van der Waals surface area contributed by atoms with Gasteiger partial charge in [-0.3, -0.25) is 0 Å². The van der Waals surface area contributed by atoms with E-state index in [9.17, 15) is 0 Å². The molecular formula is C15H30OS. The average molecular weight is 258 g/mol. The summed E-state index contributed by atoms with van der Waals surface area (Å²) < 4.78 is 6.02. The lowest BCUT2D eigenvalue weighted by Gasteiger charge is -2.30. The second kappa shape index (κ2) is 8.42. The van der Waals surface area contributed by atoms with Crippen molar-refractivity contribution in [2.45, 2.75) is 65.2 Å². The van der Waals surface area contributed by atoms with E-state index in [4.69, 9.17) is 4.74 Å². The molecule has 0 aromatic carbocycles. The summed E-state index contributed by atoms with van der Waals surface area (Å²) in [6, 6.07) is 0. The first-order chi connectivity index (χ1) is 8.26. The van der Waals surface area contributed by atoms with Gasteiger partial charge in [0.05, 0.1) is 6.61 Å². The van der Waals surface area contributed by atoms with Gasteiger partial charge in [-0.2, -0.15) is 12.6 Å². The molecule has 0 aliphatic heterocycles. The highest BCUT2D eigenvalue weighted by molar-refractivity contribution is 7.80. The van der Waals surface area contributed by atoms with Crippen LogP contribution in [0.5, 0.6) is 0 Å². The van der Waals surface area contributed by atoms with Crippen molar-refractivity contribution in [1.82, 2.24) is 0 Å². The fraction of sp³-hybridized carbons (Fsp3) is 1.00. The summed E-state index contributed by atoms with van der Waals surface area (Å²) in [6.45, 7) is 6.40. The molecule has 1 saturated carbocycles. The molecule has 0 N–H and O–H groups in total. The molecule has 0 radical (unpaired) electrons. The monoisotopic (exact) mass is 258 g/mol. The number of rotatable bonds is 7. The van der Waals surface area contributed by atoms with Crippen LogP contribution in [0.25, 0.3) is 0 Å². The summed E-state index contributed by atoms with van der Waals surface area (Å²) in [7, 11) is 0. The van der Waals surface area contributed by atoms with Crippen molar-refractivity contribution in [3.05, 3.63) is 0 Å². The lowest BCUT2D eigenvalue weighted by atomic mass is 9.85. The Labute approximate surface area is 113 Å². The largest absolute Gasteiger partial charge is 0.381 e. The molecular weight excluding hydrogens is 228 g/mol. The Morgan fingerprint density at radius 2 is 1.65 bits per heavy atom. The third-order valence-corrected chi connectivity index (χ3v) is 5.24.